The van der Waals surface area contributed by atoms with Crippen LogP contribution in [0.25, 0.3) is 0 Å². The number of hydrogen-bond acceptors (Lipinski definition) is 7. The maximum atomic E-state index is 15.4. The molecule has 0 fully saturated rings. The summed E-state index contributed by atoms with van der Waals surface area (Å²) < 4.78 is 617. The number of rotatable bonds is 24. The van der Waals surface area contributed by atoms with Gasteiger partial charge < -0.3 is 18.9 Å². The van der Waals surface area contributed by atoms with E-state index in [4.69, 9.17) is 18.9 Å². The van der Waals surface area contributed by atoms with Gasteiger partial charge in [0.15, 0.2) is 159 Å². The first-order chi connectivity index (χ1) is 66.9. The molecule has 14 aromatic rings. The van der Waals surface area contributed by atoms with Crippen molar-refractivity contribution in [3.8, 4) is 23.0 Å². The Morgan fingerprint density at radius 2 is 0.294 bits per heavy atom. The van der Waals surface area contributed by atoms with E-state index >= 15 is 70.2 Å². The van der Waals surface area contributed by atoms with Crippen LogP contribution >= 0.6 is 34.4 Å². The van der Waals surface area contributed by atoms with Crippen LogP contribution in [0.4, 0.5) is 176 Å². The van der Waals surface area contributed by atoms with E-state index < -0.39 is 289 Å². The fourth-order valence-electron chi connectivity index (χ4n) is 15.2. The molecule has 2 heterocycles. The number of benzene rings is 12. The Kier molecular flexibility index (Phi) is 32.5. The first-order valence-corrected chi connectivity index (χ1v) is 44.7. The van der Waals surface area contributed by atoms with Gasteiger partial charge in [0.25, 0.3) is 0 Å². The summed E-state index contributed by atoms with van der Waals surface area (Å²) in [5.74, 6) is -139. The fourth-order valence-corrected chi connectivity index (χ4v) is 24.4. The summed E-state index contributed by atoms with van der Waals surface area (Å²) in [6.45, 7) is 16.5. The average Bonchev–Trinajstić information content (AvgIpc) is 0.807. The van der Waals surface area contributed by atoms with E-state index in [2.05, 4.69) is 177 Å². The molecule has 0 bridgehead atoms. The van der Waals surface area contributed by atoms with Crippen LogP contribution in [0, 0.1) is 233 Å². The quantitative estimate of drug-likeness (QED) is 0.0198. The van der Waals surface area contributed by atoms with Gasteiger partial charge in [-0.3, -0.25) is 0 Å². The molecule has 2 aromatic heterocycles. The van der Waals surface area contributed by atoms with Crippen molar-refractivity contribution in [3.63, 3.8) is 0 Å². The molecule has 0 aliphatic heterocycles. The Labute approximate surface area is 796 Å². The second-order valence-corrected chi connectivity index (χ2v) is 39.3. The van der Waals surface area contributed by atoms with Crippen molar-refractivity contribution in [1.82, 2.24) is 0 Å². The van der Waals surface area contributed by atoms with E-state index in [-0.39, 0.29) is 46.2 Å². The molecule has 143 heavy (non-hydrogen) atoms. The lowest BCUT2D eigenvalue weighted by molar-refractivity contribution is 0.242. The third-order valence-electron chi connectivity index (χ3n) is 20.9. The molecule has 0 amide bonds. The lowest BCUT2D eigenvalue weighted by Gasteiger charge is -2.44. The second-order valence-electron chi connectivity index (χ2n) is 31.0. The normalized spacial score (nSPS) is 11.9. The summed E-state index contributed by atoms with van der Waals surface area (Å²) in [6.07, 6.45) is -13.9. The Morgan fingerprint density at radius 1 is 0.175 bits per heavy atom. The van der Waals surface area contributed by atoms with Gasteiger partial charge in [0, 0.05) is 12.1 Å². The third-order valence-corrected chi connectivity index (χ3v) is 29.4. The summed E-state index contributed by atoms with van der Waals surface area (Å²) in [4.78, 5) is 5.03. The van der Waals surface area contributed by atoms with E-state index in [1.165, 1.54) is 36.4 Å². The summed E-state index contributed by atoms with van der Waals surface area (Å²) in [6, 6.07) is 43.6. The van der Waals surface area contributed by atoms with Gasteiger partial charge in [-0.2, -0.15) is 0 Å². The number of hydrogen-bond donors (Lipinski definition) is 0. The summed E-state index contributed by atoms with van der Waals surface area (Å²) in [5, 5.41) is 0. The van der Waals surface area contributed by atoms with Gasteiger partial charge in [-0.05, 0) is 165 Å². The first kappa shape index (κ1) is 109. The van der Waals surface area contributed by atoms with Crippen molar-refractivity contribution in [2.45, 2.75) is 116 Å². The zero-order chi connectivity index (χ0) is 106. The highest BCUT2D eigenvalue weighted by Gasteiger charge is 2.56. The molecule has 51 heteroatoms. The van der Waals surface area contributed by atoms with Gasteiger partial charge in [-0.15, -0.1) is 43.7 Å². The van der Waals surface area contributed by atoms with Gasteiger partial charge in [0.1, 0.15) is 150 Å². The Hall–Kier alpha value is -12.4. The highest BCUT2D eigenvalue weighted by atomic mass is 32.2. The van der Waals surface area contributed by atoms with E-state index in [1.807, 2.05) is 34.4 Å². The monoisotopic (exact) mass is 2160 g/mol. The lowest BCUT2D eigenvalue weighted by atomic mass is 9.12. The van der Waals surface area contributed by atoms with Crippen molar-refractivity contribution in [2.24, 2.45) is 0 Å². The standard InChI is InChI=1S/C44H48O4S5.2C24BF20/c1-29(2)45-33-9-17-37(18-10-33)52(38-19-11-34(12-20-38)46-30(3)4)43-27-25-41(50-43)49-42-26-28-44(51-42)53(39-21-13-35(14-22-39)47-31(5)6)40-23-15-36(16-24-40)48-32(7)8;2*26-5-1(6(27)14(35)21(42)13(5)34)25(2-7(28)15(36)22(43)16(37)8(2)29,3-9(30)17(38)23(44)18(39)10(3)31)4-11(32)19(40)24(45)20(41)12(4)33/h9-32H,1-8H3;;/q+2;2*-1. The van der Waals surface area contributed by atoms with Crippen LogP contribution in [0.2, 0.25) is 0 Å². The van der Waals surface area contributed by atoms with E-state index in [9.17, 15) is 105 Å². The van der Waals surface area contributed by atoms with Crippen LogP contribution in [0.15, 0.2) is 158 Å². The van der Waals surface area contributed by atoms with Gasteiger partial charge in [-0.1, -0.05) is 34.4 Å². The molecule has 0 aliphatic carbocycles. The zero-order valence-electron chi connectivity index (χ0n) is 71.8. The summed E-state index contributed by atoms with van der Waals surface area (Å²) >= 11 is 5.59. The molecule has 0 unspecified atom stereocenters. The van der Waals surface area contributed by atoms with Crippen LogP contribution in [0.3, 0.4) is 0 Å². The van der Waals surface area contributed by atoms with Crippen molar-refractivity contribution in [2.75, 3.05) is 0 Å². The molecule has 12 aromatic carbocycles. The zero-order valence-corrected chi connectivity index (χ0v) is 75.9. The highest BCUT2D eigenvalue weighted by Crippen LogP contribution is 2.47. The maximum Gasteiger partial charge on any atom is 0.221 e. The molecule has 14 rings (SSSR count). The first-order valence-electron chi connectivity index (χ1n) is 39.8. The van der Waals surface area contributed by atoms with Crippen LogP contribution in [-0.2, 0) is 21.8 Å². The average molecular weight is 2160 g/mol. The highest BCUT2D eigenvalue weighted by molar-refractivity contribution is 8.04. The lowest BCUT2D eigenvalue weighted by Crippen LogP contribution is -2.81. The Morgan fingerprint density at radius 3 is 0.413 bits per heavy atom. The largest absolute Gasteiger partial charge is 0.491 e. The minimum atomic E-state index is -7.22. The minimum absolute atomic E-state index is 0.132. The molecule has 0 saturated carbocycles. The SMILES string of the molecule is CC(C)Oc1ccc([S+](c2ccc(OC(C)C)cc2)c2ccc(Sc3ccc([S+](c4ccc(OC(C)C)cc4)c4ccc(OC(C)C)cc4)s3)s2)cc1.Fc1c(F)c(F)c([B-](c2c(F)c(F)c(F)c(F)c2F)(c2c(F)c(F)c(F)c(F)c2F)c2c(F)c(F)c(F)c(F)c2F)c(F)c1F.Fc1c(F)c(F)c([B-](c2c(F)c(F)c(F)c(F)c2F)(c2c(F)c(F)c(F)c(F)c2F)c2c(F)c(F)c(F)c(F)c2F)c(F)c1F. The minimum Gasteiger partial charge on any atom is -0.491 e. The Balaban J connectivity index is 0.000000192. The molecule has 0 atom stereocenters. The maximum absolute atomic E-state index is 15.4. The molecular formula is C92H48B2F40O4S5. The molecule has 0 spiro atoms. The fraction of sp³-hybridized carbons (Fsp3) is 0.130. The topological polar surface area (TPSA) is 36.9 Å². The predicted molar refractivity (Wildman–Crippen MR) is 444 cm³/mol. The third kappa shape index (κ3) is 19.4. The number of ether oxygens (including phenoxy) is 4. The van der Waals surface area contributed by atoms with Crippen molar-refractivity contribution < 1.29 is 195 Å². The van der Waals surface area contributed by atoms with E-state index in [1.54, 1.807) is 0 Å². The van der Waals surface area contributed by atoms with E-state index in [0.717, 1.165) is 23.0 Å². The van der Waals surface area contributed by atoms with Gasteiger partial charge in [0.05, 0.1) is 32.8 Å². The second kappa shape index (κ2) is 42.5. The van der Waals surface area contributed by atoms with Gasteiger partial charge in [0.2, 0.25) is 8.42 Å². The van der Waals surface area contributed by atoms with Gasteiger partial charge >= 0.3 is 0 Å². The molecule has 0 N–H and O–H groups in total. The molecule has 0 saturated heterocycles. The molecular weight excluding hydrogens is 2110 g/mol. The molecule has 0 aliphatic rings. The summed E-state index contributed by atoms with van der Waals surface area (Å²) in [5.41, 5.74) is -28.7. The predicted octanol–water partition coefficient (Wildman–Crippen LogP) is 25.0. The van der Waals surface area contributed by atoms with Crippen molar-refractivity contribution in [3.05, 3.63) is 354 Å². The Bertz CT molecular complexity index is 6020. The number of thiophene rings is 2. The van der Waals surface area contributed by atoms with Crippen LogP contribution < -0.4 is 62.6 Å². The van der Waals surface area contributed by atoms with Gasteiger partial charge in [-0.25, -0.2) is 176 Å². The molecule has 4 nitrogen and oxygen atoms in total. The van der Waals surface area contributed by atoms with Crippen LogP contribution in [-0.4, -0.2) is 36.7 Å². The van der Waals surface area contributed by atoms with Crippen LogP contribution in [0.1, 0.15) is 55.4 Å². The smallest absolute Gasteiger partial charge is 0.221 e. The number of halogens is 40. The van der Waals surface area contributed by atoms with E-state index in [0.29, 0.717) is 0 Å². The summed E-state index contributed by atoms with van der Waals surface area (Å²) in [7, 11) is -0.559. The van der Waals surface area contributed by atoms with Crippen molar-refractivity contribution >= 4 is 112 Å². The molecule has 756 valence electrons. The van der Waals surface area contributed by atoms with Crippen molar-refractivity contribution in [1.29, 1.82) is 0 Å². The van der Waals surface area contributed by atoms with Crippen LogP contribution in [0.5, 0.6) is 23.0 Å². The molecule has 0 radical (unpaired) electrons.